The van der Waals surface area contributed by atoms with Crippen molar-refractivity contribution >= 4 is 17.8 Å². The Morgan fingerprint density at radius 3 is 2.79 bits per heavy atom. The number of rotatable bonds is 4. The Morgan fingerprint density at radius 2 is 2.00 bits per heavy atom. The van der Waals surface area contributed by atoms with Gasteiger partial charge in [-0.25, -0.2) is 4.79 Å². The smallest absolute Gasteiger partial charge is 0.328 e. The molecule has 1 aromatic rings. The summed E-state index contributed by atoms with van der Waals surface area (Å²) in [6.45, 7) is 2.68. The molecule has 2 aliphatic rings. The molecule has 0 saturated carbocycles. The molecule has 1 fully saturated rings. The maximum absolute atomic E-state index is 13.6. The second kappa shape index (κ2) is 13.2. The van der Waals surface area contributed by atoms with Gasteiger partial charge in [-0.05, 0) is 43.7 Å². The number of nitrogens with zero attached hydrogens (tertiary/aromatic N) is 1. The summed E-state index contributed by atoms with van der Waals surface area (Å²) in [4.78, 5) is 40.2. The van der Waals surface area contributed by atoms with E-state index in [0.717, 1.165) is 49.8 Å². The number of allylic oxidation sites excluding steroid dienone is 2. The van der Waals surface area contributed by atoms with E-state index in [-0.39, 0.29) is 30.9 Å². The molecule has 7 heteroatoms. The molecule has 186 valence electrons. The Labute approximate surface area is 202 Å². The van der Waals surface area contributed by atoms with Gasteiger partial charge in [0.05, 0.1) is 26.7 Å². The van der Waals surface area contributed by atoms with Gasteiger partial charge in [-0.15, -0.1) is 0 Å². The standard InChI is InChI=1S/C27H37NO6/c1-3-4-12-21-17-25(29)33-16-11-7-5-6-8-13-20-14-9-10-15-24(20)34-22-18-23(27(31)32-2)28(19-22)26(21)30/h6,8-10,14-15,21-23H,3-5,7,11-13,16-19H2,1-2H3/t21-,22-,23+/m1/s1. The van der Waals surface area contributed by atoms with E-state index in [4.69, 9.17) is 14.2 Å². The van der Waals surface area contributed by atoms with Crippen molar-refractivity contribution in [3.63, 3.8) is 0 Å². The number of methoxy groups -OCH3 is 1. The van der Waals surface area contributed by atoms with Crippen molar-refractivity contribution in [2.75, 3.05) is 20.3 Å². The number of hydrogen-bond acceptors (Lipinski definition) is 6. The lowest BCUT2D eigenvalue weighted by molar-refractivity contribution is -0.154. The van der Waals surface area contributed by atoms with Crippen molar-refractivity contribution in [3.8, 4) is 5.75 Å². The Bertz CT molecular complexity index is 866. The number of para-hydroxylation sites is 1. The molecule has 0 unspecified atom stereocenters. The van der Waals surface area contributed by atoms with Crippen molar-refractivity contribution < 1.29 is 28.6 Å². The van der Waals surface area contributed by atoms with Crippen LogP contribution in [0.3, 0.4) is 0 Å². The van der Waals surface area contributed by atoms with E-state index >= 15 is 0 Å². The van der Waals surface area contributed by atoms with Gasteiger partial charge in [-0.2, -0.15) is 0 Å². The van der Waals surface area contributed by atoms with Crippen LogP contribution >= 0.6 is 0 Å². The summed E-state index contributed by atoms with van der Waals surface area (Å²) in [6.07, 6.45) is 9.97. The fourth-order valence-corrected chi connectivity index (χ4v) is 4.59. The first kappa shape index (κ1) is 25.8. The molecule has 3 rings (SSSR count). The highest BCUT2D eigenvalue weighted by Crippen LogP contribution is 2.29. The van der Waals surface area contributed by atoms with E-state index in [2.05, 4.69) is 12.2 Å². The monoisotopic (exact) mass is 471 g/mol. The molecule has 1 amide bonds. The highest BCUT2D eigenvalue weighted by Gasteiger charge is 2.43. The molecule has 0 spiro atoms. The van der Waals surface area contributed by atoms with Crippen LogP contribution in [0.4, 0.5) is 0 Å². The minimum atomic E-state index is -0.725. The zero-order valence-electron chi connectivity index (χ0n) is 20.4. The minimum Gasteiger partial charge on any atom is -0.488 e. The highest BCUT2D eigenvalue weighted by molar-refractivity contribution is 5.88. The van der Waals surface area contributed by atoms with Crippen LogP contribution in [-0.2, 0) is 30.3 Å². The number of fused-ring (bicyclic) bond motifs is 3. The molecule has 2 aliphatic heterocycles. The number of cyclic esters (lactones) is 1. The van der Waals surface area contributed by atoms with E-state index < -0.39 is 17.9 Å². The predicted octanol–water partition coefficient (Wildman–Crippen LogP) is 4.23. The maximum atomic E-state index is 13.6. The largest absolute Gasteiger partial charge is 0.488 e. The first-order valence-electron chi connectivity index (χ1n) is 12.5. The first-order chi connectivity index (χ1) is 16.5. The van der Waals surface area contributed by atoms with Crippen LogP contribution in [0, 0.1) is 5.92 Å². The summed E-state index contributed by atoms with van der Waals surface area (Å²) >= 11 is 0. The lowest BCUT2D eigenvalue weighted by Gasteiger charge is -2.27. The Kier molecular flexibility index (Phi) is 9.98. The molecular weight excluding hydrogens is 434 g/mol. The van der Waals surface area contributed by atoms with Gasteiger partial charge in [0.15, 0.2) is 0 Å². The summed E-state index contributed by atoms with van der Waals surface area (Å²) in [5, 5.41) is 0. The number of carbonyl (C=O) groups is 3. The Hall–Kier alpha value is -2.83. The van der Waals surface area contributed by atoms with Crippen molar-refractivity contribution in [2.45, 2.75) is 76.9 Å². The number of ether oxygens (including phenoxy) is 3. The molecule has 0 aromatic heterocycles. The third kappa shape index (κ3) is 7.08. The van der Waals surface area contributed by atoms with E-state index in [1.807, 2.05) is 31.2 Å². The van der Waals surface area contributed by atoms with Crippen LogP contribution in [0.25, 0.3) is 0 Å². The zero-order valence-corrected chi connectivity index (χ0v) is 20.4. The molecule has 0 radical (unpaired) electrons. The second-order valence-corrected chi connectivity index (χ2v) is 9.05. The summed E-state index contributed by atoms with van der Waals surface area (Å²) in [5.41, 5.74) is 1.06. The lowest BCUT2D eigenvalue weighted by Crippen LogP contribution is -2.44. The Morgan fingerprint density at radius 1 is 1.18 bits per heavy atom. The van der Waals surface area contributed by atoms with Gasteiger partial charge in [-0.1, -0.05) is 50.1 Å². The fraction of sp³-hybridized carbons (Fsp3) is 0.593. The minimum absolute atomic E-state index is 0.0253. The van der Waals surface area contributed by atoms with Gasteiger partial charge in [0.1, 0.15) is 17.9 Å². The molecule has 3 atom stereocenters. The molecule has 2 bridgehead atoms. The summed E-state index contributed by atoms with van der Waals surface area (Å²) in [7, 11) is 1.33. The lowest BCUT2D eigenvalue weighted by atomic mass is 9.96. The van der Waals surface area contributed by atoms with E-state index in [1.165, 1.54) is 7.11 Å². The van der Waals surface area contributed by atoms with Crippen LogP contribution in [-0.4, -0.2) is 55.2 Å². The van der Waals surface area contributed by atoms with E-state index in [9.17, 15) is 14.4 Å². The van der Waals surface area contributed by atoms with Crippen molar-refractivity contribution in [1.82, 2.24) is 4.90 Å². The van der Waals surface area contributed by atoms with Gasteiger partial charge in [0, 0.05) is 12.3 Å². The van der Waals surface area contributed by atoms with Crippen LogP contribution < -0.4 is 4.74 Å². The topological polar surface area (TPSA) is 82.1 Å². The van der Waals surface area contributed by atoms with Gasteiger partial charge in [0.25, 0.3) is 0 Å². The number of unbranched alkanes of at least 4 members (excludes halogenated alkanes) is 1. The second-order valence-electron chi connectivity index (χ2n) is 9.05. The number of amides is 1. The maximum Gasteiger partial charge on any atom is 0.328 e. The van der Waals surface area contributed by atoms with Gasteiger partial charge in [-0.3, -0.25) is 9.59 Å². The van der Waals surface area contributed by atoms with Crippen molar-refractivity contribution in [3.05, 3.63) is 42.0 Å². The first-order valence-corrected chi connectivity index (χ1v) is 12.5. The van der Waals surface area contributed by atoms with Crippen LogP contribution in [0.5, 0.6) is 5.75 Å². The molecule has 0 aliphatic carbocycles. The third-order valence-electron chi connectivity index (χ3n) is 6.49. The third-order valence-corrected chi connectivity index (χ3v) is 6.49. The molecule has 34 heavy (non-hydrogen) atoms. The van der Waals surface area contributed by atoms with E-state index in [1.54, 1.807) is 4.90 Å². The number of benzene rings is 1. The summed E-state index contributed by atoms with van der Waals surface area (Å²) in [6, 6.07) is 7.15. The van der Waals surface area contributed by atoms with Crippen LogP contribution in [0.15, 0.2) is 36.4 Å². The Balaban J connectivity index is 1.87. The van der Waals surface area contributed by atoms with Gasteiger partial charge < -0.3 is 19.1 Å². The summed E-state index contributed by atoms with van der Waals surface area (Å²) in [5.74, 6) is -0.779. The van der Waals surface area contributed by atoms with Gasteiger partial charge in [0.2, 0.25) is 5.91 Å². The number of carbonyl (C=O) groups excluding carboxylic acids is 3. The molecule has 2 heterocycles. The van der Waals surface area contributed by atoms with E-state index in [0.29, 0.717) is 19.4 Å². The number of hydrogen-bond donors (Lipinski definition) is 0. The normalized spacial score (nSPS) is 24.4. The van der Waals surface area contributed by atoms with Crippen LogP contribution in [0.2, 0.25) is 0 Å². The van der Waals surface area contributed by atoms with Crippen molar-refractivity contribution in [2.24, 2.45) is 5.92 Å². The molecular formula is C27H37NO6. The quantitative estimate of drug-likeness (QED) is 0.483. The SMILES string of the molecule is CCCC[C@@H]1CC(=O)OCCCCC=CCc2ccccc2O[C@@H]2C[C@@H](C(=O)OC)N(C2)C1=O. The van der Waals surface area contributed by atoms with Crippen LogP contribution in [0.1, 0.15) is 63.9 Å². The zero-order chi connectivity index (χ0) is 24.3. The average Bonchev–Trinajstić information content (AvgIpc) is 3.26. The predicted molar refractivity (Wildman–Crippen MR) is 128 cm³/mol. The molecule has 0 N–H and O–H groups in total. The molecule has 1 aromatic carbocycles. The fourth-order valence-electron chi connectivity index (χ4n) is 4.59. The van der Waals surface area contributed by atoms with Gasteiger partial charge >= 0.3 is 11.9 Å². The highest BCUT2D eigenvalue weighted by atomic mass is 16.5. The number of esters is 2. The van der Waals surface area contributed by atoms with Crippen molar-refractivity contribution in [1.29, 1.82) is 0 Å². The average molecular weight is 472 g/mol. The molecule has 7 nitrogen and oxygen atoms in total. The molecule has 1 saturated heterocycles. The summed E-state index contributed by atoms with van der Waals surface area (Å²) < 4.78 is 16.7.